The fraction of sp³-hybridized carbons (Fsp3) is 0.409. The number of phenols is 1. The van der Waals surface area contributed by atoms with E-state index in [2.05, 4.69) is 24.8 Å². The van der Waals surface area contributed by atoms with Crippen LogP contribution in [0.2, 0.25) is 0 Å². The number of aliphatic imine (C=N–C) groups is 1. The number of alkyl halides is 2. The van der Waals surface area contributed by atoms with Gasteiger partial charge in [0.05, 0.1) is 19.3 Å². The van der Waals surface area contributed by atoms with Gasteiger partial charge in [0.2, 0.25) is 0 Å². The van der Waals surface area contributed by atoms with E-state index in [0.29, 0.717) is 36.9 Å². The number of para-hydroxylation sites is 2. The van der Waals surface area contributed by atoms with Crippen molar-refractivity contribution in [2.24, 2.45) is 4.99 Å². The number of guanidine groups is 1. The van der Waals surface area contributed by atoms with Gasteiger partial charge in [-0.1, -0.05) is 12.1 Å². The van der Waals surface area contributed by atoms with E-state index in [1.807, 2.05) is 19.1 Å². The van der Waals surface area contributed by atoms with Gasteiger partial charge in [0.25, 0.3) is 0 Å². The second-order valence-electron chi connectivity index (χ2n) is 6.99. The highest BCUT2D eigenvalue weighted by atomic mass is 127. The van der Waals surface area contributed by atoms with Crippen molar-refractivity contribution in [2.45, 2.75) is 20.1 Å². The number of aromatic hydroxyl groups is 1. The number of halogens is 3. The predicted octanol–water partition coefficient (Wildman–Crippen LogP) is 3.91. The van der Waals surface area contributed by atoms with Gasteiger partial charge in [-0.3, -0.25) is 0 Å². The van der Waals surface area contributed by atoms with Gasteiger partial charge < -0.3 is 29.7 Å². The van der Waals surface area contributed by atoms with Gasteiger partial charge >= 0.3 is 6.61 Å². The van der Waals surface area contributed by atoms with Gasteiger partial charge in [0, 0.05) is 44.4 Å². The number of anilines is 1. The summed E-state index contributed by atoms with van der Waals surface area (Å²) in [5.74, 6) is 1.47. The summed E-state index contributed by atoms with van der Waals surface area (Å²) in [6.45, 7) is 2.80. The Labute approximate surface area is 204 Å². The van der Waals surface area contributed by atoms with Gasteiger partial charge in [-0.15, -0.1) is 24.0 Å². The molecule has 1 aliphatic heterocycles. The van der Waals surface area contributed by atoms with Crippen molar-refractivity contribution in [1.29, 1.82) is 0 Å². The number of hydrogen-bond acceptors (Lipinski definition) is 5. The Morgan fingerprint density at radius 2 is 1.88 bits per heavy atom. The summed E-state index contributed by atoms with van der Waals surface area (Å²) in [5.41, 5.74) is 1.36. The largest absolute Gasteiger partial charge is 0.506 e. The highest BCUT2D eigenvalue weighted by Gasteiger charge is 2.21. The monoisotopic (exact) mass is 562 g/mol. The standard InChI is InChI=1S/C22H28F2N4O3.HI/c1-3-25-22(26-15-16-8-9-17(30-2)14-20(16)31-21(23)24)28-12-10-27(11-13-28)18-6-4-5-7-19(18)29;/h4-9,14,21,29H,3,10-13,15H2,1-2H3,(H,25,26);1H. The number of benzene rings is 2. The minimum absolute atomic E-state index is 0. The molecule has 0 unspecified atom stereocenters. The zero-order valence-corrected chi connectivity index (χ0v) is 20.5. The van der Waals surface area contributed by atoms with Gasteiger partial charge in [0.1, 0.15) is 17.2 Å². The van der Waals surface area contributed by atoms with E-state index in [9.17, 15) is 13.9 Å². The Morgan fingerprint density at radius 3 is 2.50 bits per heavy atom. The molecule has 1 heterocycles. The van der Waals surface area contributed by atoms with E-state index < -0.39 is 6.61 Å². The molecular weight excluding hydrogens is 533 g/mol. The number of piperazine rings is 1. The van der Waals surface area contributed by atoms with Crippen molar-refractivity contribution >= 4 is 35.6 Å². The van der Waals surface area contributed by atoms with Crippen LogP contribution in [0, 0.1) is 0 Å². The number of nitrogens with zero attached hydrogens (tertiary/aromatic N) is 3. The Hall–Kier alpha value is -2.50. The molecule has 0 aliphatic carbocycles. The summed E-state index contributed by atoms with van der Waals surface area (Å²) in [5, 5.41) is 13.4. The number of phenolic OH excluding ortho intramolecular Hbond substituents is 1. The molecule has 0 bridgehead atoms. The third-order valence-corrected chi connectivity index (χ3v) is 5.03. The lowest BCUT2D eigenvalue weighted by atomic mass is 10.2. The average molecular weight is 562 g/mol. The first-order valence-corrected chi connectivity index (χ1v) is 10.2. The van der Waals surface area contributed by atoms with Crippen LogP contribution in [-0.2, 0) is 6.54 Å². The maximum absolute atomic E-state index is 12.8. The minimum Gasteiger partial charge on any atom is -0.506 e. The molecule has 0 spiro atoms. The maximum Gasteiger partial charge on any atom is 0.387 e. The van der Waals surface area contributed by atoms with Crippen LogP contribution in [0.5, 0.6) is 17.2 Å². The topological polar surface area (TPSA) is 69.6 Å². The first-order valence-electron chi connectivity index (χ1n) is 10.2. The molecule has 1 saturated heterocycles. The van der Waals surface area contributed by atoms with Crippen LogP contribution in [0.1, 0.15) is 12.5 Å². The van der Waals surface area contributed by atoms with Gasteiger partial charge in [-0.2, -0.15) is 8.78 Å². The fourth-order valence-corrected chi connectivity index (χ4v) is 3.47. The van der Waals surface area contributed by atoms with Crippen molar-refractivity contribution in [1.82, 2.24) is 10.2 Å². The SMILES string of the molecule is CCNC(=NCc1ccc(OC)cc1OC(F)F)N1CCN(c2ccccc2O)CC1.I. The van der Waals surface area contributed by atoms with Crippen LogP contribution < -0.4 is 19.7 Å². The van der Waals surface area contributed by atoms with Crippen molar-refractivity contribution in [3.8, 4) is 17.2 Å². The van der Waals surface area contributed by atoms with Gasteiger partial charge in [0.15, 0.2) is 5.96 Å². The van der Waals surface area contributed by atoms with Gasteiger partial charge in [-0.25, -0.2) is 4.99 Å². The molecule has 0 amide bonds. The van der Waals surface area contributed by atoms with E-state index in [1.165, 1.54) is 13.2 Å². The van der Waals surface area contributed by atoms with Crippen molar-refractivity contribution in [3.05, 3.63) is 48.0 Å². The number of nitrogens with one attached hydrogen (secondary N) is 1. The summed E-state index contributed by atoms with van der Waals surface area (Å²) in [7, 11) is 1.47. The Balaban J connectivity index is 0.00000363. The summed E-state index contributed by atoms with van der Waals surface area (Å²) >= 11 is 0. The lowest BCUT2D eigenvalue weighted by Gasteiger charge is -2.37. The number of rotatable bonds is 7. The van der Waals surface area contributed by atoms with Crippen LogP contribution in [0.3, 0.4) is 0 Å². The molecule has 1 fully saturated rings. The average Bonchev–Trinajstić information content (AvgIpc) is 2.77. The summed E-state index contributed by atoms with van der Waals surface area (Å²) < 4.78 is 35.4. The van der Waals surface area contributed by atoms with Gasteiger partial charge in [-0.05, 0) is 31.2 Å². The van der Waals surface area contributed by atoms with E-state index in [1.54, 1.807) is 24.3 Å². The Kier molecular flexibility index (Phi) is 10.1. The van der Waals surface area contributed by atoms with E-state index >= 15 is 0 Å². The second kappa shape index (κ2) is 12.5. The molecule has 2 aromatic carbocycles. The summed E-state index contributed by atoms with van der Waals surface area (Å²) in [4.78, 5) is 8.90. The molecule has 2 N–H and O–H groups in total. The molecule has 0 radical (unpaired) electrons. The normalized spacial score (nSPS) is 14.2. The first-order chi connectivity index (χ1) is 15.0. The van der Waals surface area contributed by atoms with Crippen LogP contribution in [0.25, 0.3) is 0 Å². The maximum atomic E-state index is 12.8. The smallest absolute Gasteiger partial charge is 0.387 e. The summed E-state index contributed by atoms with van der Waals surface area (Å²) in [6.07, 6.45) is 0. The molecular formula is C22H29F2IN4O3. The van der Waals surface area contributed by atoms with E-state index in [4.69, 9.17) is 4.74 Å². The zero-order valence-electron chi connectivity index (χ0n) is 18.1. The molecule has 0 saturated carbocycles. The molecule has 1 aliphatic rings. The van der Waals surface area contributed by atoms with Crippen LogP contribution in [0.15, 0.2) is 47.5 Å². The third kappa shape index (κ3) is 6.75. The quantitative estimate of drug-likeness (QED) is 0.303. The van der Waals surface area contributed by atoms with Crippen molar-refractivity contribution in [2.75, 3.05) is 44.7 Å². The molecule has 7 nitrogen and oxygen atoms in total. The first kappa shape index (κ1) is 25.8. The number of ether oxygens (including phenoxy) is 2. The van der Waals surface area contributed by atoms with E-state index in [0.717, 1.165) is 18.8 Å². The fourth-order valence-electron chi connectivity index (χ4n) is 3.47. The molecule has 0 atom stereocenters. The molecule has 32 heavy (non-hydrogen) atoms. The highest BCUT2D eigenvalue weighted by Crippen LogP contribution is 2.28. The molecule has 10 heteroatoms. The Bertz CT molecular complexity index is 893. The van der Waals surface area contributed by atoms with E-state index in [-0.39, 0.29) is 42.0 Å². The minimum atomic E-state index is -2.93. The van der Waals surface area contributed by atoms with Crippen molar-refractivity contribution < 1.29 is 23.4 Å². The lowest BCUT2D eigenvalue weighted by Crippen LogP contribution is -2.52. The predicted molar refractivity (Wildman–Crippen MR) is 132 cm³/mol. The Morgan fingerprint density at radius 1 is 1.16 bits per heavy atom. The summed E-state index contributed by atoms with van der Waals surface area (Å²) in [6, 6.07) is 12.1. The second-order valence-corrected chi connectivity index (χ2v) is 6.99. The van der Waals surface area contributed by atoms with Crippen molar-refractivity contribution in [3.63, 3.8) is 0 Å². The van der Waals surface area contributed by atoms with Crippen LogP contribution in [0.4, 0.5) is 14.5 Å². The number of hydrogen-bond donors (Lipinski definition) is 2. The zero-order chi connectivity index (χ0) is 22.2. The molecule has 176 valence electrons. The lowest BCUT2D eigenvalue weighted by molar-refractivity contribution is -0.0505. The van der Waals surface area contributed by atoms with Crippen LogP contribution >= 0.6 is 24.0 Å². The highest BCUT2D eigenvalue weighted by molar-refractivity contribution is 14.0. The molecule has 2 aromatic rings. The van der Waals surface area contributed by atoms with Crippen LogP contribution in [-0.4, -0.2) is 62.4 Å². The third-order valence-electron chi connectivity index (χ3n) is 5.03. The molecule has 0 aromatic heterocycles. The number of methoxy groups -OCH3 is 1. The molecule has 3 rings (SSSR count).